The Hall–Kier alpha value is -3.36. The molecular weight excluding hydrogens is 554 g/mol. The molecule has 40 heavy (non-hydrogen) atoms. The zero-order valence-corrected chi connectivity index (χ0v) is 23.4. The van der Waals surface area contributed by atoms with Crippen LogP contribution in [0.1, 0.15) is 34.6 Å². The molecular formula is C32H27F4NOS2. The molecule has 0 saturated heterocycles. The van der Waals surface area contributed by atoms with Gasteiger partial charge in [-0.05, 0) is 90.6 Å². The Kier molecular flexibility index (Phi) is 8.19. The van der Waals surface area contributed by atoms with Crippen molar-refractivity contribution in [3.05, 3.63) is 130 Å². The molecule has 2 nitrogen and oxygen atoms in total. The first-order valence-electron chi connectivity index (χ1n) is 12.7. The lowest BCUT2D eigenvalue weighted by molar-refractivity contribution is -0.137. The number of phenols is 1. The van der Waals surface area contributed by atoms with E-state index in [0.717, 1.165) is 61.9 Å². The van der Waals surface area contributed by atoms with E-state index in [9.17, 15) is 22.7 Å². The molecule has 0 bridgehead atoms. The van der Waals surface area contributed by atoms with Gasteiger partial charge >= 0.3 is 6.18 Å². The third-order valence-electron chi connectivity index (χ3n) is 6.79. The largest absolute Gasteiger partial charge is 0.508 e. The maximum atomic E-state index is 13.3. The van der Waals surface area contributed by atoms with Gasteiger partial charge in [0.15, 0.2) is 0 Å². The third-order valence-corrected chi connectivity index (χ3v) is 9.63. The number of rotatable bonds is 7. The molecule has 2 atom stereocenters. The summed E-state index contributed by atoms with van der Waals surface area (Å²) >= 11 is 3.31. The number of aromatic hydroxyl groups is 1. The first-order chi connectivity index (χ1) is 19.1. The summed E-state index contributed by atoms with van der Waals surface area (Å²) in [6.07, 6.45) is -3.65. The van der Waals surface area contributed by atoms with Crippen molar-refractivity contribution in [1.29, 1.82) is 0 Å². The number of alkyl halides is 3. The molecule has 2 N–H and O–H groups in total. The average Bonchev–Trinajstić information content (AvgIpc) is 3.32. The summed E-state index contributed by atoms with van der Waals surface area (Å²) in [5.41, 5.74) is 4.95. The number of phenolic OH excluding ortho intramolecular Hbond substituents is 1. The van der Waals surface area contributed by atoms with E-state index >= 15 is 0 Å². The number of hydrogen-bond acceptors (Lipinski definition) is 4. The van der Waals surface area contributed by atoms with E-state index in [4.69, 9.17) is 0 Å². The van der Waals surface area contributed by atoms with Crippen molar-refractivity contribution in [1.82, 2.24) is 5.32 Å². The summed E-state index contributed by atoms with van der Waals surface area (Å²) in [6.45, 7) is 3.86. The molecule has 8 heteroatoms. The molecule has 206 valence electrons. The smallest absolute Gasteiger partial charge is 0.416 e. The highest BCUT2D eigenvalue weighted by atomic mass is 32.2. The number of benzene rings is 4. The second-order valence-corrected chi connectivity index (χ2v) is 12.1. The van der Waals surface area contributed by atoms with Gasteiger partial charge in [-0.2, -0.15) is 13.2 Å². The highest BCUT2D eigenvalue weighted by Crippen LogP contribution is 2.47. The van der Waals surface area contributed by atoms with Gasteiger partial charge in [-0.1, -0.05) is 60.3 Å². The highest BCUT2D eigenvalue weighted by Gasteiger charge is 2.32. The van der Waals surface area contributed by atoms with E-state index in [1.54, 1.807) is 41.7 Å². The molecule has 0 saturated carbocycles. The Morgan fingerprint density at radius 1 is 0.875 bits per heavy atom. The minimum absolute atomic E-state index is 0.0255. The van der Waals surface area contributed by atoms with Crippen molar-refractivity contribution in [2.75, 3.05) is 0 Å². The maximum Gasteiger partial charge on any atom is 0.416 e. The van der Waals surface area contributed by atoms with Crippen LogP contribution in [-0.2, 0) is 12.6 Å². The fraction of sp³-hybridized carbons (Fsp3) is 0.188. The fourth-order valence-corrected chi connectivity index (χ4v) is 7.42. The van der Waals surface area contributed by atoms with Gasteiger partial charge in [0.05, 0.1) is 5.56 Å². The second-order valence-electron chi connectivity index (χ2n) is 9.71. The zero-order chi connectivity index (χ0) is 28.4. The van der Waals surface area contributed by atoms with Crippen molar-refractivity contribution in [2.45, 2.75) is 42.0 Å². The van der Waals surface area contributed by atoms with Crippen LogP contribution >= 0.6 is 23.5 Å². The number of allylic oxidation sites excluding steroid dienone is 1. The molecule has 0 radical (unpaired) electrons. The van der Waals surface area contributed by atoms with Crippen LogP contribution in [-0.4, -0.2) is 10.4 Å². The van der Waals surface area contributed by atoms with Crippen LogP contribution < -0.4 is 5.32 Å². The first kappa shape index (κ1) is 28.2. The molecule has 0 spiro atoms. The van der Waals surface area contributed by atoms with Crippen LogP contribution in [0, 0.1) is 12.7 Å². The van der Waals surface area contributed by atoms with Gasteiger partial charge in [0.1, 0.15) is 16.9 Å². The van der Waals surface area contributed by atoms with Crippen LogP contribution in [0.4, 0.5) is 17.6 Å². The molecule has 1 aliphatic rings. The number of aryl methyl sites for hydroxylation is 1. The standard InChI is InChI=1S/C32H27F4NOS2/c1-19-17-27(15-16-28(19)38)39-29(18-21-3-5-22(6-4-21)23-9-13-26(33)14-10-23)30-20(2)37-31(40-30)24-7-11-25(12-8-24)32(34,35)36/h3-17,29,31,37-38H,18H2,1-2H3. The topological polar surface area (TPSA) is 32.3 Å². The van der Waals surface area contributed by atoms with Crippen molar-refractivity contribution < 1.29 is 22.7 Å². The summed E-state index contributed by atoms with van der Waals surface area (Å²) in [5, 5.41) is 13.3. The minimum atomic E-state index is -4.37. The maximum absolute atomic E-state index is 13.3. The molecule has 0 amide bonds. The van der Waals surface area contributed by atoms with E-state index in [1.165, 1.54) is 24.3 Å². The predicted molar refractivity (Wildman–Crippen MR) is 156 cm³/mol. The van der Waals surface area contributed by atoms with E-state index in [0.29, 0.717) is 0 Å². The van der Waals surface area contributed by atoms with Gasteiger partial charge in [-0.25, -0.2) is 4.39 Å². The van der Waals surface area contributed by atoms with E-state index in [2.05, 4.69) is 17.4 Å². The monoisotopic (exact) mass is 581 g/mol. The van der Waals surface area contributed by atoms with Gasteiger partial charge in [-0.3, -0.25) is 0 Å². The Labute approximate surface area is 239 Å². The molecule has 1 aliphatic heterocycles. The van der Waals surface area contributed by atoms with Crippen LogP contribution in [0.2, 0.25) is 0 Å². The number of thioether (sulfide) groups is 2. The number of nitrogens with one attached hydrogen (secondary N) is 1. The normalized spacial score (nSPS) is 16.2. The molecule has 2 unspecified atom stereocenters. The van der Waals surface area contributed by atoms with Crippen molar-refractivity contribution in [3.8, 4) is 16.9 Å². The molecule has 1 heterocycles. The first-order valence-corrected chi connectivity index (χ1v) is 14.4. The molecule has 4 aromatic carbocycles. The summed E-state index contributed by atoms with van der Waals surface area (Å²) in [6, 6.07) is 25.5. The quantitative estimate of drug-likeness (QED) is 0.168. The Morgan fingerprint density at radius 3 is 2.10 bits per heavy atom. The molecule has 5 rings (SSSR count). The summed E-state index contributed by atoms with van der Waals surface area (Å²) in [4.78, 5) is 2.14. The Morgan fingerprint density at radius 2 is 1.50 bits per heavy atom. The van der Waals surface area contributed by atoms with Crippen LogP contribution in [0.25, 0.3) is 11.1 Å². The predicted octanol–water partition coefficient (Wildman–Crippen LogP) is 9.50. The second kappa shape index (κ2) is 11.6. The van der Waals surface area contributed by atoms with Crippen molar-refractivity contribution in [2.24, 2.45) is 0 Å². The summed E-state index contributed by atoms with van der Waals surface area (Å²) in [7, 11) is 0. The lowest BCUT2D eigenvalue weighted by Crippen LogP contribution is -2.12. The lowest BCUT2D eigenvalue weighted by Gasteiger charge is -2.20. The minimum Gasteiger partial charge on any atom is -0.508 e. The van der Waals surface area contributed by atoms with Crippen LogP contribution in [0.15, 0.2) is 106 Å². The van der Waals surface area contributed by atoms with Gasteiger partial charge < -0.3 is 10.4 Å². The van der Waals surface area contributed by atoms with Crippen LogP contribution in [0.5, 0.6) is 5.75 Å². The van der Waals surface area contributed by atoms with Crippen molar-refractivity contribution >= 4 is 23.5 Å². The van der Waals surface area contributed by atoms with Gasteiger partial charge in [0, 0.05) is 20.7 Å². The molecule has 0 aliphatic carbocycles. The van der Waals surface area contributed by atoms with E-state index in [1.807, 2.05) is 38.1 Å². The van der Waals surface area contributed by atoms with Gasteiger partial charge in [0.2, 0.25) is 0 Å². The SMILES string of the molecule is CC1=C(C(Cc2ccc(-c3ccc(F)cc3)cc2)Sc2ccc(O)c(C)c2)SC(c2ccc(C(F)(F)F)cc2)N1. The lowest BCUT2D eigenvalue weighted by atomic mass is 10.0. The van der Waals surface area contributed by atoms with Crippen LogP contribution in [0.3, 0.4) is 0 Å². The van der Waals surface area contributed by atoms with Gasteiger partial charge in [-0.15, -0.1) is 11.8 Å². The zero-order valence-electron chi connectivity index (χ0n) is 21.8. The molecule has 4 aromatic rings. The van der Waals surface area contributed by atoms with E-state index < -0.39 is 11.7 Å². The highest BCUT2D eigenvalue weighted by molar-refractivity contribution is 8.06. The molecule has 0 fully saturated rings. The van der Waals surface area contributed by atoms with Gasteiger partial charge in [0.25, 0.3) is 0 Å². The Bertz CT molecular complexity index is 1520. The third kappa shape index (κ3) is 6.50. The number of hydrogen-bond donors (Lipinski definition) is 2. The number of halogens is 4. The Balaban J connectivity index is 1.39. The summed E-state index contributed by atoms with van der Waals surface area (Å²) in [5.74, 6) is -0.0300. The van der Waals surface area contributed by atoms with E-state index in [-0.39, 0.29) is 22.2 Å². The molecule has 0 aromatic heterocycles. The fourth-order valence-electron chi connectivity index (χ4n) is 4.57. The summed E-state index contributed by atoms with van der Waals surface area (Å²) < 4.78 is 52.6. The van der Waals surface area contributed by atoms with Crippen molar-refractivity contribution in [3.63, 3.8) is 0 Å². The average molecular weight is 582 g/mol.